The lowest BCUT2D eigenvalue weighted by molar-refractivity contribution is 0.0517. The molecule has 0 fully saturated rings. The molecule has 0 amide bonds. The lowest BCUT2D eigenvalue weighted by Crippen LogP contribution is -2.28. The molecule has 2 aromatic rings. The van der Waals surface area contributed by atoms with Gasteiger partial charge >= 0.3 is 5.97 Å². The topological polar surface area (TPSA) is 106 Å². The molecule has 2 aromatic heterocycles. The van der Waals surface area contributed by atoms with Crippen LogP contribution in [0.25, 0.3) is 11.6 Å². The molecule has 2 N–H and O–H groups in total. The molecule has 0 atom stereocenters. The van der Waals surface area contributed by atoms with Gasteiger partial charge in [-0.2, -0.15) is 5.10 Å². The van der Waals surface area contributed by atoms with Crippen molar-refractivity contribution in [1.82, 2.24) is 30.5 Å². The summed E-state index contributed by atoms with van der Waals surface area (Å²) >= 11 is 0. The van der Waals surface area contributed by atoms with Crippen LogP contribution in [-0.2, 0) is 17.7 Å². The Bertz CT molecular complexity index is 625. The molecule has 0 bridgehead atoms. The number of esters is 1. The van der Waals surface area contributed by atoms with Crippen molar-refractivity contribution >= 4 is 5.97 Å². The van der Waals surface area contributed by atoms with E-state index in [9.17, 15) is 4.79 Å². The van der Waals surface area contributed by atoms with E-state index in [4.69, 9.17) is 4.74 Å². The maximum absolute atomic E-state index is 12.1. The number of rotatable bonds is 3. The van der Waals surface area contributed by atoms with Crippen molar-refractivity contribution < 1.29 is 9.53 Å². The molecule has 0 unspecified atom stereocenters. The first-order valence-electron chi connectivity index (χ1n) is 6.43. The number of carbonyl (C=O) groups is 1. The Balaban J connectivity index is 2.10. The van der Waals surface area contributed by atoms with Crippen LogP contribution in [0.5, 0.6) is 0 Å². The molecule has 0 saturated heterocycles. The number of H-pyrrole nitrogens is 1. The normalized spacial score (nSPS) is 13.8. The van der Waals surface area contributed by atoms with Crippen LogP contribution in [-0.4, -0.2) is 44.3 Å². The average Bonchev–Trinajstić information content (AvgIpc) is 3.00. The molecule has 0 saturated carbocycles. The number of hydrogen-bond acceptors (Lipinski definition) is 7. The first kappa shape index (κ1) is 12.7. The maximum Gasteiger partial charge on any atom is 0.357 e. The number of nitrogens with one attached hydrogen (secondary N) is 2. The third-order valence-electron chi connectivity index (χ3n) is 3.03. The Kier molecular flexibility index (Phi) is 3.38. The van der Waals surface area contributed by atoms with Gasteiger partial charge in [0, 0.05) is 25.1 Å². The molecule has 3 heterocycles. The van der Waals surface area contributed by atoms with E-state index in [0.29, 0.717) is 30.5 Å². The number of aromatic amines is 1. The van der Waals surface area contributed by atoms with E-state index in [1.807, 2.05) is 0 Å². The second kappa shape index (κ2) is 5.33. The van der Waals surface area contributed by atoms with Gasteiger partial charge in [-0.15, -0.1) is 0 Å². The number of ether oxygens (including phenoxy) is 1. The number of carbonyl (C=O) groups excluding carboxylic acids is 1. The first-order chi connectivity index (χ1) is 9.79. The van der Waals surface area contributed by atoms with Crippen molar-refractivity contribution in [2.45, 2.75) is 19.9 Å². The third kappa shape index (κ3) is 2.25. The quantitative estimate of drug-likeness (QED) is 0.764. The number of nitrogens with zero attached hydrogens (tertiary/aromatic N) is 4. The van der Waals surface area contributed by atoms with E-state index in [2.05, 4.69) is 30.5 Å². The molecule has 8 heteroatoms. The highest BCUT2D eigenvalue weighted by molar-refractivity contribution is 5.89. The molecule has 104 valence electrons. The minimum Gasteiger partial charge on any atom is -0.461 e. The van der Waals surface area contributed by atoms with Gasteiger partial charge in [-0.3, -0.25) is 5.10 Å². The SMILES string of the molecule is CCOC(=O)c1nc(-c2ncn[nH]2)nc2c1CNCC2. The van der Waals surface area contributed by atoms with E-state index in [1.165, 1.54) is 6.33 Å². The standard InChI is InChI=1S/C12H14N6O2/c1-2-20-12(19)9-7-5-13-4-3-8(7)16-11(17-9)10-14-6-15-18-10/h6,13H,2-5H2,1H3,(H,14,15,18). The zero-order valence-electron chi connectivity index (χ0n) is 11.0. The smallest absolute Gasteiger partial charge is 0.357 e. The summed E-state index contributed by atoms with van der Waals surface area (Å²) in [4.78, 5) is 24.8. The van der Waals surface area contributed by atoms with Crippen LogP contribution < -0.4 is 5.32 Å². The summed E-state index contributed by atoms with van der Waals surface area (Å²) in [6.45, 7) is 3.46. The summed E-state index contributed by atoms with van der Waals surface area (Å²) in [6.07, 6.45) is 2.12. The van der Waals surface area contributed by atoms with Gasteiger partial charge < -0.3 is 10.1 Å². The van der Waals surface area contributed by atoms with Crippen molar-refractivity contribution in [2.75, 3.05) is 13.2 Å². The zero-order chi connectivity index (χ0) is 13.9. The fourth-order valence-electron chi connectivity index (χ4n) is 2.13. The largest absolute Gasteiger partial charge is 0.461 e. The fraction of sp³-hybridized carbons (Fsp3) is 0.417. The zero-order valence-corrected chi connectivity index (χ0v) is 11.0. The van der Waals surface area contributed by atoms with Gasteiger partial charge in [-0.25, -0.2) is 19.7 Å². The predicted molar refractivity (Wildman–Crippen MR) is 68.8 cm³/mol. The number of hydrogen-bond donors (Lipinski definition) is 2. The Hall–Kier alpha value is -2.35. The maximum atomic E-state index is 12.1. The van der Waals surface area contributed by atoms with Gasteiger partial charge in [-0.1, -0.05) is 0 Å². The van der Waals surface area contributed by atoms with Crippen LogP contribution >= 0.6 is 0 Å². The second-order valence-corrected chi connectivity index (χ2v) is 4.30. The highest BCUT2D eigenvalue weighted by Gasteiger charge is 2.23. The van der Waals surface area contributed by atoms with Crippen LogP contribution in [0.1, 0.15) is 28.7 Å². The molecular weight excluding hydrogens is 260 g/mol. The Labute approximate surface area is 115 Å². The molecule has 0 radical (unpaired) electrons. The summed E-state index contributed by atoms with van der Waals surface area (Å²) < 4.78 is 5.06. The molecule has 1 aliphatic rings. The fourth-order valence-corrected chi connectivity index (χ4v) is 2.13. The summed E-state index contributed by atoms with van der Waals surface area (Å²) in [5.41, 5.74) is 1.96. The van der Waals surface area contributed by atoms with Gasteiger partial charge in [-0.05, 0) is 6.92 Å². The molecule has 8 nitrogen and oxygen atoms in total. The molecule has 0 spiro atoms. The van der Waals surface area contributed by atoms with Crippen LogP contribution in [0.15, 0.2) is 6.33 Å². The predicted octanol–water partition coefficient (Wildman–Crippen LogP) is 0.0841. The summed E-state index contributed by atoms with van der Waals surface area (Å²) in [6, 6.07) is 0. The highest BCUT2D eigenvalue weighted by atomic mass is 16.5. The average molecular weight is 274 g/mol. The van der Waals surface area contributed by atoms with Gasteiger partial charge in [0.15, 0.2) is 17.3 Å². The van der Waals surface area contributed by atoms with Crippen molar-refractivity contribution in [3.05, 3.63) is 23.3 Å². The van der Waals surface area contributed by atoms with E-state index < -0.39 is 5.97 Å². The summed E-state index contributed by atoms with van der Waals surface area (Å²) in [5, 5.41) is 9.69. The van der Waals surface area contributed by atoms with Gasteiger partial charge in [0.05, 0.1) is 12.3 Å². The summed E-state index contributed by atoms with van der Waals surface area (Å²) in [7, 11) is 0. The molecule has 3 rings (SSSR count). The van der Waals surface area contributed by atoms with Gasteiger partial charge in [0.2, 0.25) is 0 Å². The molecule has 0 aliphatic carbocycles. The van der Waals surface area contributed by atoms with Gasteiger partial charge in [0.1, 0.15) is 6.33 Å². The van der Waals surface area contributed by atoms with E-state index in [0.717, 1.165) is 24.2 Å². The van der Waals surface area contributed by atoms with Crippen molar-refractivity contribution in [2.24, 2.45) is 0 Å². The van der Waals surface area contributed by atoms with E-state index in [1.54, 1.807) is 6.92 Å². The Morgan fingerprint density at radius 3 is 3.10 bits per heavy atom. The second-order valence-electron chi connectivity index (χ2n) is 4.30. The molecule has 1 aliphatic heterocycles. The highest BCUT2D eigenvalue weighted by Crippen LogP contribution is 2.20. The van der Waals surface area contributed by atoms with Crippen LogP contribution in [0, 0.1) is 0 Å². The minimum atomic E-state index is -0.435. The summed E-state index contributed by atoms with van der Waals surface area (Å²) in [5.74, 6) is 0.374. The number of fused-ring (bicyclic) bond motifs is 1. The minimum absolute atomic E-state index is 0.301. The molecule has 0 aromatic carbocycles. The Morgan fingerprint density at radius 2 is 2.35 bits per heavy atom. The van der Waals surface area contributed by atoms with Crippen LogP contribution in [0.2, 0.25) is 0 Å². The van der Waals surface area contributed by atoms with E-state index >= 15 is 0 Å². The molecular formula is C12H14N6O2. The van der Waals surface area contributed by atoms with Crippen molar-refractivity contribution in [3.63, 3.8) is 0 Å². The lowest BCUT2D eigenvalue weighted by Gasteiger charge is -2.18. The first-order valence-corrected chi connectivity index (χ1v) is 6.43. The van der Waals surface area contributed by atoms with Crippen LogP contribution in [0.4, 0.5) is 0 Å². The van der Waals surface area contributed by atoms with Crippen molar-refractivity contribution in [1.29, 1.82) is 0 Å². The van der Waals surface area contributed by atoms with Gasteiger partial charge in [0.25, 0.3) is 0 Å². The monoisotopic (exact) mass is 274 g/mol. The van der Waals surface area contributed by atoms with E-state index in [-0.39, 0.29) is 0 Å². The molecule has 20 heavy (non-hydrogen) atoms. The third-order valence-corrected chi connectivity index (χ3v) is 3.03. The number of aromatic nitrogens is 5. The van der Waals surface area contributed by atoms with Crippen LogP contribution in [0.3, 0.4) is 0 Å². The Morgan fingerprint density at radius 1 is 1.45 bits per heavy atom. The van der Waals surface area contributed by atoms with Crippen molar-refractivity contribution in [3.8, 4) is 11.6 Å². The lowest BCUT2D eigenvalue weighted by atomic mass is 10.1.